The van der Waals surface area contributed by atoms with E-state index < -0.39 is 0 Å². The van der Waals surface area contributed by atoms with Crippen LogP contribution in [0.1, 0.15) is 5.56 Å². The molecule has 0 atom stereocenters. The van der Waals surface area contributed by atoms with Gasteiger partial charge >= 0.3 is 0 Å². The summed E-state index contributed by atoms with van der Waals surface area (Å²) in [6.07, 6.45) is 0. The number of thiazole rings is 1. The average molecular weight is 396 g/mol. The molecule has 0 bridgehead atoms. The van der Waals surface area contributed by atoms with Gasteiger partial charge in [0.15, 0.2) is 0 Å². The summed E-state index contributed by atoms with van der Waals surface area (Å²) >= 11 is 5.14. The zero-order chi connectivity index (χ0) is 16.4. The summed E-state index contributed by atoms with van der Waals surface area (Å²) in [6, 6.07) is 24.5. The van der Waals surface area contributed by atoms with Crippen molar-refractivity contribution in [3.8, 4) is 16.3 Å². The summed E-state index contributed by atoms with van der Waals surface area (Å²) in [7, 11) is 0. The van der Waals surface area contributed by atoms with Gasteiger partial charge in [-0.2, -0.15) is 0 Å². The number of ether oxygens (including phenoxy) is 1. The Hall–Kier alpha value is -2.17. The minimum absolute atomic E-state index is 0.537. The maximum atomic E-state index is 6.06. The van der Waals surface area contributed by atoms with Crippen LogP contribution in [0.4, 0.5) is 0 Å². The van der Waals surface area contributed by atoms with Crippen molar-refractivity contribution >= 4 is 37.5 Å². The number of hydrogen-bond acceptors (Lipinski definition) is 3. The molecule has 2 nitrogen and oxygen atoms in total. The Bertz CT molecular complexity index is 945. The standard InChI is InChI=1S/C20H14BrNOS/c21-15-11-9-14(10-12-15)13-23-18-7-3-1-5-16(18)20-22-17-6-2-4-8-19(17)24-20/h1-12H,13H2. The van der Waals surface area contributed by atoms with Crippen LogP contribution in [0.3, 0.4) is 0 Å². The van der Waals surface area contributed by atoms with Gasteiger partial charge in [-0.1, -0.05) is 52.3 Å². The van der Waals surface area contributed by atoms with Crippen LogP contribution in [0.5, 0.6) is 5.75 Å². The lowest BCUT2D eigenvalue weighted by Crippen LogP contribution is -1.96. The van der Waals surface area contributed by atoms with E-state index in [4.69, 9.17) is 9.72 Å². The highest BCUT2D eigenvalue weighted by Gasteiger charge is 2.11. The van der Waals surface area contributed by atoms with Crippen molar-refractivity contribution in [2.45, 2.75) is 6.61 Å². The van der Waals surface area contributed by atoms with Crippen molar-refractivity contribution in [2.75, 3.05) is 0 Å². The SMILES string of the molecule is Brc1ccc(COc2ccccc2-c2nc3ccccc3s2)cc1. The number of halogens is 1. The Morgan fingerprint density at radius 2 is 1.62 bits per heavy atom. The van der Waals surface area contributed by atoms with Crippen LogP contribution in [-0.4, -0.2) is 4.98 Å². The maximum absolute atomic E-state index is 6.06. The quantitative estimate of drug-likeness (QED) is 0.404. The Morgan fingerprint density at radius 3 is 2.46 bits per heavy atom. The molecule has 0 aliphatic rings. The highest BCUT2D eigenvalue weighted by molar-refractivity contribution is 9.10. The van der Waals surface area contributed by atoms with Gasteiger partial charge < -0.3 is 4.74 Å². The summed E-state index contributed by atoms with van der Waals surface area (Å²) in [5.41, 5.74) is 3.20. The summed E-state index contributed by atoms with van der Waals surface area (Å²) in [4.78, 5) is 4.74. The normalized spacial score (nSPS) is 10.9. The van der Waals surface area contributed by atoms with E-state index in [1.54, 1.807) is 11.3 Å². The van der Waals surface area contributed by atoms with Gasteiger partial charge in [0.25, 0.3) is 0 Å². The zero-order valence-corrected chi connectivity index (χ0v) is 15.2. The number of benzene rings is 3. The zero-order valence-electron chi connectivity index (χ0n) is 12.8. The van der Waals surface area contributed by atoms with E-state index in [9.17, 15) is 0 Å². The van der Waals surface area contributed by atoms with Crippen LogP contribution in [-0.2, 0) is 6.61 Å². The molecule has 3 aromatic carbocycles. The van der Waals surface area contributed by atoms with E-state index in [1.165, 1.54) is 4.70 Å². The second-order valence-corrected chi connectivity index (χ2v) is 7.34. The molecular formula is C20H14BrNOS. The van der Waals surface area contributed by atoms with Gasteiger partial charge in [0.2, 0.25) is 0 Å². The first-order valence-electron chi connectivity index (χ1n) is 7.62. The van der Waals surface area contributed by atoms with Gasteiger partial charge in [-0.05, 0) is 42.0 Å². The lowest BCUT2D eigenvalue weighted by molar-refractivity contribution is 0.307. The third kappa shape index (κ3) is 3.21. The summed E-state index contributed by atoms with van der Waals surface area (Å²) in [5.74, 6) is 0.861. The molecule has 4 heteroatoms. The number of rotatable bonds is 4. The number of aromatic nitrogens is 1. The molecule has 24 heavy (non-hydrogen) atoms. The molecule has 118 valence electrons. The van der Waals surface area contributed by atoms with Crippen LogP contribution in [0, 0.1) is 0 Å². The Kier molecular flexibility index (Phi) is 4.32. The summed E-state index contributed by atoms with van der Waals surface area (Å²) in [5, 5.41) is 0.989. The fourth-order valence-corrected chi connectivity index (χ4v) is 3.76. The second-order valence-electron chi connectivity index (χ2n) is 5.40. The Balaban J connectivity index is 1.63. The Labute approximate surface area is 152 Å². The van der Waals surface area contributed by atoms with Gasteiger partial charge in [-0.25, -0.2) is 4.98 Å². The molecule has 0 spiro atoms. The fraction of sp³-hybridized carbons (Fsp3) is 0.0500. The van der Waals surface area contributed by atoms with Gasteiger partial charge in [0.05, 0.1) is 15.8 Å². The predicted molar refractivity (Wildman–Crippen MR) is 104 cm³/mol. The molecule has 1 aromatic heterocycles. The van der Waals surface area contributed by atoms with Crippen molar-refractivity contribution in [1.82, 2.24) is 4.98 Å². The predicted octanol–water partition coefficient (Wildman–Crippen LogP) is 6.30. The largest absolute Gasteiger partial charge is 0.488 e. The molecule has 0 aliphatic heterocycles. The molecule has 4 rings (SSSR count). The van der Waals surface area contributed by atoms with Crippen LogP contribution in [0.2, 0.25) is 0 Å². The van der Waals surface area contributed by atoms with E-state index in [0.29, 0.717) is 6.61 Å². The highest BCUT2D eigenvalue weighted by atomic mass is 79.9. The fourth-order valence-electron chi connectivity index (χ4n) is 2.50. The lowest BCUT2D eigenvalue weighted by Gasteiger charge is -2.10. The van der Waals surface area contributed by atoms with Gasteiger partial charge in [0, 0.05) is 4.47 Å². The Morgan fingerprint density at radius 1 is 0.875 bits per heavy atom. The molecule has 0 saturated carbocycles. The van der Waals surface area contributed by atoms with Crippen molar-refractivity contribution < 1.29 is 4.74 Å². The minimum Gasteiger partial charge on any atom is -0.488 e. The van der Waals surface area contributed by atoms with Crippen molar-refractivity contribution in [3.63, 3.8) is 0 Å². The molecule has 0 fully saturated rings. The topological polar surface area (TPSA) is 22.1 Å². The lowest BCUT2D eigenvalue weighted by atomic mass is 10.2. The van der Waals surface area contributed by atoms with Crippen molar-refractivity contribution in [2.24, 2.45) is 0 Å². The second kappa shape index (κ2) is 6.75. The first-order chi connectivity index (χ1) is 11.8. The first-order valence-corrected chi connectivity index (χ1v) is 9.23. The van der Waals surface area contributed by atoms with Gasteiger partial charge in [0.1, 0.15) is 17.4 Å². The summed E-state index contributed by atoms with van der Waals surface area (Å²) < 4.78 is 8.33. The number of hydrogen-bond donors (Lipinski definition) is 0. The minimum atomic E-state index is 0.537. The molecule has 0 unspecified atom stereocenters. The molecule has 0 aliphatic carbocycles. The van der Waals surface area contributed by atoms with E-state index in [2.05, 4.69) is 40.2 Å². The molecule has 0 saturated heterocycles. The van der Waals surface area contributed by atoms with E-state index >= 15 is 0 Å². The average Bonchev–Trinajstić information content (AvgIpc) is 3.05. The highest BCUT2D eigenvalue weighted by Crippen LogP contribution is 2.35. The first kappa shape index (κ1) is 15.4. The molecule has 0 N–H and O–H groups in total. The molecule has 4 aromatic rings. The molecule has 0 radical (unpaired) electrons. The third-order valence-corrected chi connectivity index (χ3v) is 5.32. The van der Waals surface area contributed by atoms with Gasteiger partial charge in [-0.3, -0.25) is 0 Å². The molecule has 1 heterocycles. The monoisotopic (exact) mass is 395 g/mol. The summed E-state index contributed by atoms with van der Waals surface area (Å²) in [6.45, 7) is 0.537. The number of para-hydroxylation sites is 2. The van der Waals surface area contributed by atoms with E-state index in [1.807, 2.05) is 48.5 Å². The van der Waals surface area contributed by atoms with E-state index in [0.717, 1.165) is 31.9 Å². The number of nitrogens with zero attached hydrogens (tertiary/aromatic N) is 1. The van der Waals surface area contributed by atoms with Crippen LogP contribution >= 0.6 is 27.3 Å². The van der Waals surface area contributed by atoms with Gasteiger partial charge in [-0.15, -0.1) is 11.3 Å². The molecular weight excluding hydrogens is 382 g/mol. The number of fused-ring (bicyclic) bond motifs is 1. The smallest absolute Gasteiger partial charge is 0.130 e. The van der Waals surface area contributed by atoms with Crippen molar-refractivity contribution in [3.05, 3.63) is 82.8 Å². The maximum Gasteiger partial charge on any atom is 0.130 e. The molecule has 0 amide bonds. The van der Waals surface area contributed by atoms with E-state index in [-0.39, 0.29) is 0 Å². The third-order valence-electron chi connectivity index (χ3n) is 3.72. The van der Waals surface area contributed by atoms with Crippen molar-refractivity contribution in [1.29, 1.82) is 0 Å². The van der Waals surface area contributed by atoms with Crippen LogP contribution in [0.15, 0.2) is 77.3 Å². The van der Waals surface area contributed by atoms with Crippen LogP contribution in [0.25, 0.3) is 20.8 Å². The van der Waals surface area contributed by atoms with Crippen LogP contribution < -0.4 is 4.74 Å².